The lowest BCUT2D eigenvalue weighted by molar-refractivity contribution is -0.122. The number of benzene rings is 3. The molecule has 2 heterocycles. The van der Waals surface area contributed by atoms with Crippen LogP contribution in [-0.2, 0) is 35.6 Å². The lowest BCUT2D eigenvalue weighted by atomic mass is 9.87. The first-order valence-corrected chi connectivity index (χ1v) is 13.9. The number of fused-ring (bicyclic) bond motifs is 1. The maximum Gasteiger partial charge on any atom is 0.337 e. The van der Waals surface area contributed by atoms with E-state index in [1.807, 2.05) is 54.7 Å². The fraction of sp³-hybridized carbons (Fsp3) is 0.265. The molecule has 0 saturated heterocycles. The standard InChI is InChI=1S/C34H33N3O3/c1-40-34(39)25-11-7-10-24(18-25)28-14-13-26(20-36-33(38)31-19-30(31)23-8-3-2-4-9-23)32-22-37(17-15-29(28)32)21-27-12-5-6-16-35-27/h2-14,16,18,30-31H,15,17,19-22H2,1H3,(H,36,38)/t30-,31+/m1/s1. The molecule has 2 atom stereocenters. The molecular weight excluding hydrogens is 498 g/mol. The van der Waals surface area contributed by atoms with Crippen molar-refractivity contribution in [2.45, 2.75) is 38.4 Å². The van der Waals surface area contributed by atoms with Crippen molar-refractivity contribution in [2.24, 2.45) is 5.92 Å². The summed E-state index contributed by atoms with van der Waals surface area (Å²) in [7, 11) is 1.40. The Bertz CT molecular complexity index is 1520. The number of amides is 1. The Balaban J connectivity index is 1.25. The molecule has 0 radical (unpaired) electrons. The Kier molecular flexibility index (Phi) is 7.43. The number of nitrogens with one attached hydrogen (secondary N) is 1. The van der Waals surface area contributed by atoms with Gasteiger partial charge >= 0.3 is 5.97 Å². The zero-order valence-corrected chi connectivity index (χ0v) is 22.7. The minimum absolute atomic E-state index is 0.0409. The van der Waals surface area contributed by atoms with Gasteiger partial charge in [0.1, 0.15) is 0 Å². The van der Waals surface area contributed by atoms with Gasteiger partial charge in [-0.05, 0) is 76.4 Å². The Labute approximate surface area is 235 Å². The third kappa shape index (κ3) is 5.54. The summed E-state index contributed by atoms with van der Waals surface area (Å²) in [5, 5.41) is 3.24. The summed E-state index contributed by atoms with van der Waals surface area (Å²) in [6.07, 6.45) is 3.61. The van der Waals surface area contributed by atoms with E-state index in [9.17, 15) is 9.59 Å². The van der Waals surface area contributed by atoms with Crippen LogP contribution < -0.4 is 5.32 Å². The Morgan fingerprint density at radius 3 is 2.62 bits per heavy atom. The third-order valence-corrected chi connectivity index (χ3v) is 8.10. The highest BCUT2D eigenvalue weighted by Gasteiger charge is 2.43. The van der Waals surface area contributed by atoms with Gasteiger partial charge in [-0.3, -0.25) is 14.7 Å². The van der Waals surface area contributed by atoms with Crippen LogP contribution in [0, 0.1) is 5.92 Å². The number of nitrogens with zero attached hydrogens (tertiary/aromatic N) is 2. The van der Waals surface area contributed by atoms with Gasteiger partial charge in [-0.2, -0.15) is 0 Å². The van der Waals surface area contributed by atoms with Gasteiger partial charge in [0.2, 0.25) is 5.91 Å². The fourth-order valence-corrected chi connectivity index (χ4v) is 5.89. The molecule has 6 rings (SSSR count). The predicted molar refractivity (Wildman–Crippen MR) is 154 cm³/mol. The second-order valence-electron chi connectivity index (χ2n) is 10.7. The molecule has 1 fully saturated rings. The molecule has 1 aromatic heterocycles. The Morgan fingerprint density at radius 2 is 1.82 bits per heavy atom. The largest absolute Gasteiger partial charge is 0.465 e. The van der Waals surface area contributed by atoms with E-state index in [2.05, 4.69) is 45.5 Å². The molecule has 1 amide bonds. The van der Waals surface area contributed by atoms with Gasteiger partial charge in [0.25, 0.3) is 0 Å². The molecule has 1 N–H and O–H groups in total. The van der Waals surface area contributed by atoms with E-state index in [-0.39, 0.29) is 17.8 Å². The SMILES string of the molecule is COC(=O)c1cccc(-c2ccc(CNC(=O)[C@H]3C[C@@H]3c3ccccc3)c3c2CCN(Cc2ccccn2)C3)c1. The van der Waals surface area contributed by atoms with Crippen LogP contribution in [0.5, 0.6) is 0 Å². The molecule has 0 bridgehead atoms. The number of hydrogen-bond acceptors (Lipinski definition) is 5. The quantitative estimate of drug-likeness (QED) is 0.304. The summed E-state index contributed by atoms with van der Waals surface area (Å²) in [4.78, 5) is 32.2. The zero-order valence-electron chi connectivity index (χ0n) is 22.7. The number of aromatic nitrogens is 1. The van der Waals surface area contributed by atoms with E-state index < -0.39 is 0 Å². The normalized spacial score (nSPS) is 18.0. The molecule has 202 valence electrons. The van der Waals surface area contributed by atoms with Crippen molar-refractivity contribution >= 4 is 11.9 Å². The zero-order chi connectivity index (χ0) is 27.5. The molecular formula is C34H33N3O3. The number of pyridine rings is 1. The van der Waals surface area contributed by atoms with Crippen LogP contribution in [0.15, 0.2) is 91.1 Å². The van der Waals surface area contributed by atoms with Crippen molar-refractivity contribution in [3.63, 3.8) is 0 Å². The number of ether oxygens (including phenoxy) is 1. The number of rotatable bonds is 8. The van der Waals surface area contributed by atoms with Crippen molar-refractivity contribution in [1.29, 1.82) is 0 Å². The number of carbonyl (C=O) groups is 2. The molecule has 2 aliphatic rings. The monoisotopic (exact) mass is 531 g/mol. The molecule has 1 aliphatic carbocycles. The van der Waals surface area contributed by atoms with Crippen molar-refractivity contribution in [3.8, 4) is 11.1 Å². The molecule has 1 aliphatic heterocycles. The van der Waals surface area contributed by atoms with Crippen LogP contribution in [0.2, 0.25) is 0 Å². The van der Waals surface area contributed by atoms with Crippen LogP contribution in [0.25, 0.3) is 11.1 Å². The van der Waals surface area contributed by atoms with E-state index in [0.29, 0.717) is 18.0 Å². The van der Waals surface area contributed by atoms with E-state index in [1.165, 1.54) is 23.8 Å². The molecule has 0 spiro atoms. The van der Waals surface area contributed by atoms with Crippen molar-refractivity contribution < 1.29 is 14.3 Å². The van der Waals surface area contributed by atoms with Crippen molar-refractivity contribution in [3.05, 3.63) is 125 Å². The van der Waals surface area contributed by atoms with Crippen LogP contribution in [-0.4, -0.2) is 35.4 Å². The van der Waals surface area contributed by atoms with Crippen LogP contribution in [0.4, 0.5) is 0 Å². The maximum atomic E-state index is 13.1. The van der Waals surface area contributed by atoms with E-state index in [0.717, 1.165) is 54.9 Å². The van der Waals surface area contributed by atoms with Crippen LogP contribution >= 0.6 is 0 Å². The molecule has 1 saturated carbocycles. The Hall–Kier alpha value is -4.29. The van der Waals surface area contributed by atoms with E-state index >= 15 is 0 Å². The van der Waals surface area contributed by atoms with Gasteiger partial charge in [-0.1, -0.05) is 60.7 Å². The van der Waals surface area contributed by atoms with Crippen molar-refractivity contribution in [1.82, 2.24) is 15.2 Å². The summed E-state index contributed by atoms with van der Waals surface area (Å²) in [6.45, 7) is 2.95. The maximum absolute atomic E-state index is 13.1. The van der Waals surface area contributed by atoms with Crippen molar-refractivity contribution in [2.75, 3.05) is 13.7 Å². The van der Waals surface area contributed by atoms with Gasteiger partial charge in [-0.15, -0.1) is 0 Å². The second kappa shape index (κ2) is 11.4. The number of methoxy groups -OCH3 is 1. The summed E-state index contributed by atoms with van der Waals surface area (Å²) < 4.78 is 4.95. The highest BCUT2D eigenvalue weighted by molar-refractivity contribution is 5.91. The van der Waals surface area contributed by atoms with Gasteiger partial charge in [0.15, 0.2) is 0 Å². The minimum Gasteiger partial charge on any atom is -0.465 e. The van der Waals surface area contributed by atoms with Gasteiger partial charge < -0.3 is 10.1 Å². The first kappa shape index (κ1) is 26.0. The summed E-state index contributed by atoms with van der Waals surface area (Å²) in [5.74, 6) is 0.136. The molecule has 3 aromatic carbocycles. The summed E-state index contributed by atoms with van der Waals surface area (Å²) >= 11 is 0. The Morgan fingerprint density at radius 1 is 0.975 bits per heavy atom. The van der Waals surface area contributed by atoms with E-state index in [4.69, 9.17) is 4.74 Å². The van der Waals surface area contributed by atoms with Gasteiger partial charge in [0.05, 0.1) is 18.4 Å². The van der Waals surface area contributed by atoms with Gasteiger partial charge in [-0.25, -0.2) is 4.79 Å². The smallest absolute Gasteiger partial charge is 0.337 e. The summed E-state index contributed by atoms with van der Waals surface area (Å²) in [5.41, 5.74) is 8.61. The van der Waals surface area contributed by atoms with Crippen LogP contribution in [0.1, 0.15) is 50.6 Å². The van der Waals surface area contributed by atoms with Crippen LogP contribution in [0.3, 0.4) is 0 Å². The first-order valence-electron chi connectivity index (χ1n) is 13.9. The summed E-state index contributed by atoms with van der Waals surface area (Å²) in [6, 6.07) is 28.2. The molecule has 4 aromatic rings. The fourth-order valence-electron chi connectivity index (χ4n) is 5.89. The average Bonchev–Trinajstić information content (AvgIpc) is 3.82. The lowest BCUT2D eigenvalue weighted by Gasteiger charge is -2.32. The second-order valence-corrected chi connectivity index (χ2v) is 10.7. The lowest BCUT2D eigenvalue weighted by Crippen LogP contribution is -2.33. The molecule has 6 nitrogen and oxygen atoms in total. The number of esters is 1. The van der Waals surface area contributed by atoms with Gasteiger partial charge in [0, 0.05) is 38.3 Å². The third-order valence-electron chi connectivity index (χ3n) is 8.10. The highest BCUT2D eigenvalue weighted by Crippen LogP contribution is 2.47. The first-order chi connectivity index (χ1) is 19.6. The van der Waals surface area contributed by atoms with E-state index in [1.54, 1.807) is 6.07 Å². The minimum atomic E-state index is -0.342. The number of carbonyl (C=O) groups excluding carboxylic acids is 2. The number of hydrogen-bond donors (Lipinski definition) is 1. The average molecular weight is 532 g/mol. The highest BCUT2D eigenvalue weighted by atomic mass is 16.5. The molecule has 6 heteroatoms. The molecule has 40 heavy (non-hydrogen) atoms. The predicted octanol–water partition coefficient (Wildman–Crippen LogP) is 5.51. The topological polar surface area (TPSA) is 71.5 Å². The molecule has 0 unspecified atom stereocenters.